The van der Waals surface area contributed by atoms with Crippen LogP contribution in [0.4, 0.5) is 8.78 Å². The van der Waals surface area contributed by atoms with E-state index in [1.165, 1.54) is 35.6 Å². The van der Waals surface area contributed by atoms with Gasteiger partial charge in [0.1, 0.15) is 22.3 Å². The van der Waals surface area contributed by atoms with Gasteiger partial charge in [0.05, 0.1) is 11.9 Å². The Morgan fingerprint density at radius 2 is 1.82 bits per heavy atom. The molecule has 0 N–H and O–H groups in total. The Morgan fingerprint density at radius 1 is 1.07 bits per heavy atom. The van der Waals surface area contributed by atoms with Crippen molar-refractivity contribution in [2.45, 2.75) is 26.8 Å². The predicted molar refractivity (Wildman–Crippen MR) is 109 cm³/mol. The number of halogens is 2. The van der Waals surface area contributed by atoms with Gasteiger partial charge in [-0.1, -0.05) is 31.2 Å². The van der Waals surface area contributed by atoms with Gasteiger partial charge in [-0.25, -0.2) is 13.8 Å². The summed E-state index contributed by atoms with van der Waals surface area (Å²) in [6.07, 6.45) is 0.587. The topological polar surface area (TPSA) is 34.9 Å². The van der Waals surface area contributed by atoms with Gasteiger partial charge in [-0.3, -0.25) is 9.36 Å². The maximum Gasteiger partial charge on any atom is 0.263 e. The molecule has 0 radical (unpaired) electrons. The first-order valence-electron chi connectivity index (χ1n) is 9.01. The minimum atomic E-state index is -0.337. The van der Waals surface area contributed by atoms with Crippen LogP contribution in [0.1, 0.15) is 23.2 Å². The molecule has 0 aliphatic rings. The molecule has 0 spiro atoms. The second-order valence-corrected chi connectivity index (χ2v) is 7.83. The summed E-state index contributed by atoms with van der Waals surface area (Å²) in [5, 5.41) is 0.530. The molecule has 0 fully saturated rings. The monoisotopic (exact) mass is 396 g/mol. The van der Waals surface area contributed by atoms with Crippen LogP contribution in [0.15, 0.2) is 53.3 Å². The first kappa shape index (κ1) is 18.5. The number of hydrogen-bond donors (Lipinski definition) is 0. The molecule has 0 aliphatic carbocycles. The normalized spacial score (nSPS) is 11.3. The molecule has 0 saturated carbocycles. The van der Waals surface area contributed by atoms with Crippen molar-refractivity contribution in [3.63, 3.8) is 0 Å². The second kappa shape index (κ2) is 7.28. The highest BCUT2D eigenvalue weighted by molar-refractivity contribution is 7.19. The van der Waals surface area contributed by atoms with E-state index in [1.807, 2.05) is 13.8 Å². The number of thiophene rings is 1. The molecule has 28 heavy (non-hydrogen) atoms. The van der Waals surface area contributed by atoms with Crippen LogP contribution in [-0.2, 0) is 13.0 Å². The molecule has 0 atom stereocenters. The SMILES string of the molecule is CCc1nc2sc(C)c(-c3ccc(F)cc3)c2c(=O)n1Cc1cccc(F)c1. The Balaban J connectivity index is 1.95. The first-order valence-corrected chi connectivity index (χ1v) is 9.82. The summed E-state index contributed by atoms with van der Waals surface area (Å²) in [4.78, 5) is 19.8. The van der Waals surface area contributed by atoms with Crippen LogP contribution in [0.25, 0.3) is 21.3 Å². The Labute approximate surface area is 164 Å². The minimum absolute atomic E-state index is 0.158. The quantitative estimate of drug-likeness (QED) is 0.468. The molecule has 0 unspecified atom stereocenters. The van der Waals surface area contributed by atoms with Gasteiger partial charge in [0, 0.05) is 16.9 Å². The van der Waals surface area contributed by atoms with Crippen molar-refractivity contribution in [3.8, 4) is 11.1 Å². The summed E-state index contributed by atoms with van der Waals surface area (Å²) < 4.78 is 28.6. The lowest BCUT2D eigenvalue weighted by Crippen LogP contribution is -2.25. The third kappa shape index (κ3) is 3.24. The van der Waals surface area contributed by atoms with E-state index in [4.69, 9.17) is 4.98 Å². The summed E-state index contributed by atoms with van der Waals surface area (Å²) in [6, 6.07) is 12.3. The molecule has 2 aromatic heterocycles. The Kier molecular flexibility index (Phi) is 4.81. The summed E-state index contributed by atoms with van der Waals surface area (Å²) in [5.41, 5.74) is 2.11. The number of fused-ring (bicyclic) bond motifs is 1. The Hall–Kier alpha value is -2.86. The molecule has 0 saturated heterocycles. The molecule has 4 aromatic rings. The highest BCUT2D eigenvalue weighted by atomic mass is 32.1. The fraction of sp³-hybridized carbons (Fsp3) is 0.182. The van der Waals surface area contributed by atoms with Gasteiger partial charge in [-0.15, -0.1) is 11.3 Å². The lowest BCUT2D eigenvalue weighted by Gasteiger charge is -2.12. The molecule has 6 heteroatoms. The van der Waals surface area contributed by atoms with Gasteiger partial charge >= 0.3 is 0 Å². The van der Waals surface area contributed by atoms with Crippen molar-refractivity contribution in [1.82, 2.24) is 9.55 Å². The third-order valence-corrected chi connectivity index (χ3v) is 5.74. The van der Waals surface area contributed by atoms with Crippen LogP contribution in [0.5, 0.6) is 0 Å². The largest absolute Gasteiger partial charge is 0.292 e. The fourth-order valence-corrected chi connectivity index (χ4v) is 4.51. The fourth-order valence-electron chi connectivity index (χ4n) is 3.45. The van der Waals surface area contributed by atoms with Gasteiger partial charge in [0.2, 0.25) is 0 Å². The smallest absolute Gasteiger partial charge is 0.263 e. The number of benzene rings is 2. The lowest BCUT2D eigenvalue weighted by molar-refractivity contribution is 0.620. The lowest BCUT2D eigenvalue weighted by atomic mass is 10.0. The zero-order valence-corrected chi connectivity index (χ0v) is 16.3. The molecule has 0 aliphatic heterocycles. The van der Waals surface area contributed by atoms with Crippen LogP contribution >= 0.6 is 11.3 Å². The van der Waals surface area contributed by atoms with Gasteiger partial charge in [-0.05, 0) is 42.3 Å². The summed E-state index contributed by atoms with van der Waals surface area (Å²) in [5.74, 6) is 0.000490. The summed E-state index contributed by atoms with van der Waals surface area (Å²) in [6.45, 7) is 4.13. The highest BCUT2D eigenvalue weighted by Gasteiger charge is 2.19. The van der Waals surface area contributed by atoms with Crippen molar-refractivity contribution >= 4 is 21.6 Å². The standard InChI is InChI=1S/C22H18F2N2OS/c1-3-18-25-21-20(19(13(2)28-21)15-7-9-16(23)10-8-15)22(27)26(18)12-14-5-4-6-17(24)11-14/h4-11H,3,12H2,1-2H3. The van der Waals surface area contributed by atoms with Crippen molar-refractivity contribution < 1.29 is 8.78 Å². The van der Waals surface area contributed by atoms with E-state index in [0.717, 1.165) is 16.0 Å². The van der Waals surface area contributed by atoms with Crippen molar-refractivity contribution in [3.05, 3.63) is 86.8 Å². The summed E-state index contributed by atoms with van der Waals surface area (Å²) in [7, 11) is 0. The molecular formula is C22H18F2N2OS. The van der Waals surface area contributed by atoms with Crippen LogP contribution in [-0.4, -0.2) is 9.55 Å². The number of aromatic nitrogens is 2. The van der Waals surface area contributed by atoms with Gasteiger partial charge < -0.3 is 0 Å². The van der Waals surface area contributed by atoms with E-state index < -0.39 is 0 Å². The molecule has 2 aromatic carbocycles. The van der Waals surface area contributed by atoms with Crippen LogP contribution in [0.2, 0.25) is 0 Å². The van der Waals surface area contributed by atoms with E-state index in [9.17, 15) is 13.6 Å². The van der Waals surface area contributed by atoms with E-state index in [-0.39, 0.29) is 23.7 Å². The average molecular weight is 396 g/mol. The molecule has 2 heterocycles. The van der Waals surface area contributed by atoms with Crippen molar-refractivity contribution in [2.24, 2.45) is 0 Å². The Morgan fingerprint density at radius 3 is 2.50 bits per heavy atom. The molecule has 3 nitrogen and oxygen atoms in total. The Bertz CT molecular complexity index is 1230. The van der Waals surface area contributed by atoms with E-state index in [2.05, 4.69) is 0 Å². The molecule has 0 amide bonds. The minimum Gasteiger partial charge on any atom is -0.292 e. The molecule has 4 rings (SSSR count). The van der Waals surface area contributed by atoms with E-state index in [1.54, 1.807) is 28.8 Å². The molecule has 142 valence electrons. The van der Waals surface area contributed by atoms with Gasteiger partial charge in [0.25, 0.3) is 5.56 Å². The van der Waals surface area contributed by atoms with Crippen LogP contribution in [0, 0.1) is 18.6 Å². The first-order chi connectivity index (χ1) is 13.5. The number of nitrogens with zero attached hydrogens (tertiary/aromatic N) is 2. The highest BCUT2D eigenvalue weighted by Crippen LogP contribution is 2.35. The average Bonchev–Trinajstić information content (AvgIpc) is 3.01. The van der Waals surface area contributed by atoms with Crippen molar-refractivity contribution in [2.75, 3.05) is 0 Å². The van der Waals surface area contributed by atoms with E-state index in [0.29, 0.717) is 28.0 Å². The zero-order chi connectivity index (χ0) is 19.8. The van der Waals surface area contributed by atoms with E-state index >= 15 is 0 Å². The maximum absolute atomic E-state index is 13.6. The van der Waals surface area contributed by atoms with Crippen LogP contribution < -0.4 is 5.56 Å². The van der Waals surface area contributed by atoms with Gasteiger partial charge in [-0.2, -0.15) is 0 Å². The maximum atomic E-state index is 13.6. The molecule has 0 bridgehead atoms. The third-order valence-electron chi connectivity index (χ3n) is 4.75. The van der Waals surface area contributed by atoms with Crippen LogP contribution in [0.3, 0.4) is 0 Å². The number of rotatable bonds is 4. The molecular weight excluding hydrogens is 378 g/mol. The van der Waals surface area contributed by atoms with Gasteiger partial charge in [0.15, 0.2) is 0 Å². The number of aryl methyl sites for hydroxylation is 2. The van der Waals surface area contributed by atoms with Crippen molar-refractivity contribution in [1.29, 1.82) is 0 Å². The zero-order valence-electron chi connectivity index (χ0n) is 15.5. The number of hydrogen-bond acceptors (Lipinski definition) is 3. The predicted octanol–water partition coefficient (Wildman–Crippen LogP) is 5.32. The second-order valence-electron chi connectivity index (χ2n) is 6.62. The summed E-state index contributed by atoms with van der Waals surface area (Å²) >= 11 is 1.46.